The van der Waals surface area contributed by atoms with Gasteiger partial charge in [0.2, 0.25) is 0 Å². The lowest BCUT2D eigenvalue weighted by molar-refractivity contribution is 0.103. The van der Waals surface area contributed by atoms with Crippen LogP contribution in [0, 0.1) is 6.92 Å². The molecule has 0 saturated carbocycles. The first-order valence-electron chi connectivity index (χ1n) is 10.2. The standard InChI is InChI=1S/C26H25NO2S/c1-19(17-18-30(29)22-13-7-4-8-14-22)27-20(2)25(23-15-9-10-16-24(23)27)26(28)21-11-5-3-6-12-21/h3-16,19H,17-18H2,1-2H3. The largest absolute Gasteiger partial charge is 0.341 e. The van der Waals surface area contributed by atoms with Gasteiger partial charge in [-0.2, -0.15) is 0 Å². The Morgan fingerprint density at radius 1 is 0.900 bits per heavy atom. The molecule has 1 heterocycles. The Labute approximate surface area is 179 Å². The second-order valence-corrected chi connectivity index (χ2v) is 9.11. The highest BCUT2D eigenvalue weighted by Crippen LogP contribution is 2.32. The SMILES string of the molecule is Cc1c(C(=O)c2ccccc2)c2ccccc2n1C(C)CCS(=O)c1ccccc1. The van der Waals surface area contributed by atoms with E-state index in [9.17, 15) is 9.00 Å². The average Bonchev–Trinajstić information content (AvgIpc) is 3.09. The molecule has 0 amide bonds. The number of hydrogen-bond acceptors (Lipinski definition) is 2. The summed E-state index contributed by atoms with van der Waals surface area (Å²) >= 11 is 0. The molecule has 30 heavy (non-hydrogen) atoms. The number of nitrogens with zero attached hydrogens (tertiary/aromatic N) is 1. The van der Waals surface area contributed by atoms with Gasteiger partial charge in [0.1, 0.15) is 0 Å². The summed E-state index contributed by atoms with van der Waals surface area (Å²) in [5.74, 6) is 0.627. The first kappa shape index (κ1) is 20.3. The molecule has 0 bridgehead atoms. The van der Waals surface area contributed by atoms with Gasteiger partial charge in [0, 0.05) is 38.9 Å². The molecule has 0 N–H and O–H groups in total. The number of carbonyl (C=O) groups is 1. The normalized spacial score (nSPS) is 13.3. The van der Waals surface area contributed by atoms with E-state index >= 15 is 0 Å². The van der Waals surface area contributed by atoms with Gasteiger partial charge >= 0.3 is 0 Å². The maximum Gasteiger partial charge on any atom is 0.195 e. The molecule has 0 radical (unpaired) electrons. The van der Waals surface area contributed by atoms with Crippen LogP contribution in [-0.2, 0) is 10.8 Å². The minimum Gasteiger partial charge on any atom is -0.341 e. The van der Waals surface area contributed by atoms with Crippen molar-refractivity contribution in [2.24, 2.45) is 0 Å². The summed E-state index contributed by atoms with van der Waals surface area (Å²) in [7, 11) is -1.03. The number of carbonyl (C=O) groups excluding carboxylic acids is 1. The van der Waals surface area contributed by atoms with Gasteiger partial charge in [-0.1, -0.05) is 66.7 Å². The molecule has 4 aromatic rings. The van der Waals surface area contributed by atoms with Crippen molar-refractivity contribution in [3.8, 4) is 0 Å². The molecule has 0 aliphatic heterocycles. The highest BCUT2D eigenvalue weighted by Gasteiger charge is 2.23. The van der Waals surface area contributed by atoms with Crippen molar-refractivity contribution in [1.29, 1.82) is 0 Å². The van der Waals surface area contributed by atoms with E-state index in [0.29, 0.717) is 11.3 Å². The third-order valence-electron chi connectivity index (χ3n) is 5.59. The van der Waals surface area contributed by atoms with E-state index < -0.39 is 10.8 Å². The van der Waals surface area contributed by atoms with Crippen molar-refractivity contribution in [2.45, 2.75) is 31.2 Å². The smallest absolute Gasteiger partial charge is 0.195 e. The summed E-state index contributed by atoms with van der Waals surface area (Å²) in [5, 5.41) is 0.972. The zero-order valence-electron chi connectivity index (χ0n) is 17.2. The average molecular weight is 416 g/mol. The molecule has 0 fully saturated rings. The van der Waals surface area contributed by atoms with Crippen LogP contribution >= 0.6 is 0 Å². The molecular weight excluding hydrogens is 390 g/mol. The summed E-state index contributed by atoms with van der Waals surface area (Å²) in [5.41, 5.74) is 3.46. The Balaban J connectivity index is 1.67. The van der Waals surface area contributed by atoms with Crippen LogP contribution in [0.25, 0.3) is 10.9 Å². The maximum atomic E-state index is 13.3. The predicted molar refractivity (Wildman–Crippen MR) is 124 cm³/mol. The van der Waals surface area contributed by atoms with E-state index in [4.69, 9.17) is 0 Å². The third-order valence-corrected chi connectivity index (χ3v) is 6.99. The van der Waals surface area contributed by atoms with E-state index in [1.165, 1.54) is 0 Å². The van der Waals surface area contributed by atoms with Gasteiger partial charge < -0.3 is 4.57 Å². The summed E-state index contributed by atoms with van der Waals surface area (Å²) in [6.07, 6.45) is 0.764. The van der Waals surface area contributed by atoms with Crippen LogP contribution in [0.5, 0.6) is 0 Å². The van der Waals surface area contributed by atoms with Gasteiger partial charge in [-0.25, -0.2) is 0 Å². The Morgan fingerprint density at radius 2 is 1.50 bits per heavy atom. The predicted octanol–water partition coefficient (Wildman–Crippen LogP) is 5.94. The van der Waals surface area contributed by atoms with Crippen molar-refractivity contribution in [2.75, 3.05) is 5.75 Å². The van der Waals surface area contributed by atoms with E-state index in [1.54, 1.807) is 0 Å². The molecule has 3 aromatic carbocycles. The van der Waals surface area contributed by atoms with Crippen LogP contribution in [0.15, 0.2) is 89.8 Å². The van der Waals surface area contributed by atoms with Gasteiger partial charge in [-0.05, 0) is 38.5 Å². The van der Waals surface area contributed by atoms with Crippen molar-refractivity contribution >= 4 is 27.5 Å². The number of benzene rings is 3. The van der Waals surface area contributed by atoms with Crippen LogP contribution in [0.3, 0.4) is 0 Å². The molecular formula is C26H25NO2S. The second kappa shape index (κ2) is 8.80. The lowest BCUT2D eigenvalue weighted by Gasteiger charge is -2.18. The fraction of sp³-hybridized carbons (Fsp3) is 0.192. The molecule has 4 heteroatoms. The number of para-hydroxylation sites is 1. The topological polar surface area (TPSA) is 39.1 Å². The maximum absolute atomic E-state index is 13.3. The second-order valence-electron chi connectivity index (χ2n) is 7.54. The lowest BCUT2D eigenvalue weighted by atomic mass is 10.0. The van der Waals surface area contributed by atoms with Crippen LogP contribution in [0.1, 0.15) is 41.0 Å². The van der Waals surface area contributed by atoms with Crippen LogP contribution in [0.2, 0.25) is 0 Å². The molecule has 152 valence electrons. The zero-order valence-corrected chi connectivity index (χ0v) is 18.1. The minimum absolute atomic E-state index is 0.0445. The van der Waals surface area contributed by atoms with Crippen LogP contribution in [0.4, 0.5) is 0 Å². The highest BCUT2D eigenvalue weighted by molar-refractivity contribution is 7.85. The highest BCUT2D eigenvalue weighted by atomic mass is 32.2. The number of ketones is 1. The third kappa shape index (κ3) is 3.88. The van der Waals surface area contributed by atoms with Crippen molar-refractivity contribution < 1.29 is 9.00 Å². The van der Waals surface area contributed by atoms with Crippen molar-refractivity contribution in [3.63, 3.8) is 0 Å². The van der Waals surface area contributed by atoms with Gasteiger partial charge in [0.15, 0.2) is 5.78 Å². The molecule has 2 unspecified atom stereocenters. The van der Waals surface area contributed by atoms with E-state index in [0.717, 1.165) is 33.5 Å². The van der Waals surface area contributed by atoms with Crippen molar-refractivity contribution in [3.05, 3.63) is 102 Å². The monoisotopic (exact) mass is 415 g/mol. The summed E-state index contributed by atoms with van der Waals surface area (Å²) in [6.45, 7) is 4.15. The fourth-order valence-electron chi connectivity index (χ4n) is 4.08. The van der Waals surface area contributed by atoms with Crippen LogP contribution < -0.4 is 0 Å². The zero-order chi connectivity index (χ0) is 21.1. The van der Waals surface area contributed by atoms with Crippen molar-refractivity contribution in [1.82, 2.24) is 4.57 Å². The van der Waals surface area contributed by atoms with Crippen LogP contribution in [-0.4, -0.2) is 20.3 Å². The van der Waals surface area contributed by atoms with Gasteiger partial charge in [-0.15, -0.1) is 0 Å². The van der Waals surface area contributed by atoms with E-state index in [1.807, 2.05) is 85.8 Å². The first-order chi connectivity index (χ1) is 14.6. The quantitative estimate of drug-likeness (QED) is 0.350. The lowest BCUT2D eigenvalue weighted by Crippen LogP contribution is -2.12. The molecule has 2 atom stereocenters. The Bertz CT molecular complexity index is 1200. The molecule has 0 aliphatic rings. The summed E-state index contributed by atoms with van der Waals surface area (Å²) < 4.78 is 14.9. The molecule has 0 aliphatic carbocycles. The first-order valence-corrected chi connectivity index (χ1v) is 11.5. The van der Waals surface area contributed by atoms with Gasteiger partial charge in [0.05, 0.1) is 16.4 Å². The molecule has 4 rings (SSSR count). The molecule has 0 saturated heterocycles. The summed E-state index contributed by atoms with van der Waals surface area (Å²) in [4.78, 5) is 14.2. The number of fused-ring (bicyclic) bond motifs is 1. The summed E-state index contributed by atoms with van der Waals surface area (Å²) in [6, 6.07) is 27.2. The fourth-order valence-corrected chi connectivity index (χ4v) is 5.33. The Hall–Kier alpha value is -2.98. The van der Waals surface area contributed by atoms with Gasteiger partial charge in [-0.3, -0.25) is 9.00 Å². The Morgan fingerprint density at radius 3 is 2.20 bits per heavy atom. The van der Waals surface area contributed by atoms with E-state index in [2.05, 4.69) is 17.6 Å². The molecule has 1 aromatic heterocycles. The molecule has 0 spiro atoms. The minimum atomic E-state index is -1.03. The Kier molecular flexibility index (Phi) is 5.96. The van der Waals surface area contributed by atoms with Gasteiger partial charge in [0.25, 0.3) is 0 Å². The van der Waals surface area contributed by atoms with E-state index in [-0.39, 0.29) is 11.8 Å². The number of rotatable bonds is 7. The molecule has 3 nitrogen and oxygen atoms in total. The number of aromatic nitrogens is 1. The number of hydrogen-bond donors (Lipinski definition) is 0.